The van der Waals surface area contributed by atoms with Gasteiger partial charge >= 0.3 is 0 Å². The maximum Gasteiger partial charge on any atom is 0.123 e. The zero-order valence-corrected chi connectivity index (χ0v) is 20.3. The number of rotatable bonds is 11. The van der Waals surface area contributed by atoms with Gasteiger partial charge in [0.1, 0.15) is 17.7 Å². The molecule has 3 aromatic carbocycles. The van der Waals surface area contributed by atoms with E-state index in [9.17, 15) is 8.78 Å². The van der Waals surface area contributed by atoms with Crippen LogP contribution in [0.15, 0.2) is 78.9 Å². The molecule has 0 bridgehead atoms. The summed E-state index contributed by atoms with van der Waals surface area (Å²) in [6.07, 6.45) is 0.733. The van der Waals surface area contributed by atoms with Gasteiger partial charge in [-0.15, -0.1) is 0 Å². The lowest BCUT2D eigenvalue weighted by atomic mass is 10.0. The van der Waals surface area contributed by atoms with Crippen molar-refractivity contribution in [3.63, 3.8) is 0 Å². The molecular weight excluding hydrogens is 446 g/mol. The first-order chi connectivity index (χ1) is 17.1. The fourth-order valence-electron chi connectivity index (χ4n) is 4.54. The van der Waals surface area contributed by atoms with Crippen LogP contribution in [0, 0.1) is 11.6 Å². The van der Waals surface area contributed by atoms with Gasteiger partial charge in [0, 0.05) is 46.4 Å². The van der Waals surface area contributed by atoms with E-state index in [-0.39, 0.29) is 23.8 Å². The molecule has 0 N–H and O–H groups in total. The highest BCUT2D eigenvalue weighted by Crippen LogP contribution is 2.26. The van der Waals surface area contributed by atoms with Crippen molar-refractivity contribution in [1.29, 1.82) is 0 Å². The lowest BCUT2D eigenvalue weighted by Crippen LogP contribution is -2.49. The topological polar surface area (TPSA) is 24.9 Å². The average molecular weight is 481 g/mol. The van der Waals surface area contributed by atoms with Crippen molar-refractivity contribution >= 4 is 0 Å². The summed E-state index contributed by atoms with van der Waals surface area (Å²) in [6.45, 7) is 6.21. The minimum Gasteiger partial charge on any atom is -0.380 e. The molecule has 0 spiro atoms. The summed E-state index contributed by atoms with van der Waals surface area (Å²) in [7, 11) is 1.79. The minimum absolute atomic E-state index is 0.180. The van der Waals surface area contributed by atoms with Crippen LogP contribution < -0.4 is 0 Å². The van der Waals surface area contributed by atoms with Gasteiger partial charge < -0.3 is 9.47 Å². The van der Waals surface area contributed by atoms with Gasteiger partial charge in [-0.05, 0) is 47.4 Å². The molecular formula is C29H34F2N2O2. The van der Waals surface area contributed by atoms with Crippen molar-refractivity contribution in [2.45, 2.75) is 18.6 Å². The molecule has 0 unspecified atom stereocenters. The van der Waals surface area contributed by atoms with Crippen LogP contribution in [0.25, 0.3) is 0 Å². The molecule has 0 aromatic heterocycles. The van der Waals surface area contributed by atoms with E-state index in [4.69, 9.17) is 9.47 Å². The Morgan fingerprint density at radius 2 is 1.29 bits per heavy atom. The monoisotopic (exact) mass is 480 g/mol. The number of hydrogen-bond acceptors (Lipinski definition) is 4. The molecule has 1 fully saturated rings. The Labute approximate surface area is 207 Å². The number of halogens is 2. The molecule has 6 heteroatoms. The van der Waals surface area contributed by atoms with E-state index in [0.717, 1.165) is 56.8 Å². The maximum atomic E-state index is 13.4. The highest BCUT2D eigenvalue weighted by Gasteiger charge is 2.21. The Kier molecular flexibility index (Phi) is 9.37. The molecule has 0 radical (unpaired) electrons. The number of nitrogens with zero attached hydrogens (tertiary/aromatic N) is 2. The van der Waals surface area contributed by atoms with Crippen molar-refractivity contribution in [2.75, 3.05) is 53.0 Å². The van der Waals surface area contributed by atoms with Gasteiger partial charge in [0.25, 0.3) is 0 Å². The third kappa shape index (κ3) is 7.67. The summed E-state index contributed by atoms with van der Waals surface area (Å²) in [4.78, 5) is 4.87. The lowest BCUT2D eigenvalue weighted by molar-refractivity contribution is 0.0251. The van der Waals surface area contributed by atoms with Gasteiger partial charge in [0.05, 0.1) is 12.7 Å². The maximum absolute atomic E-state index is 13.4. The van der Waals surface area contributed by atoms with Gasteiger partial charge in [-0.1, -0.05) is 54.6 Å². The summed E-state index contributed by atoms with van der Waals surface area (Å²) < 4.78 is 38.9. The Hall–Kier alpha value is -2.64. The molecule has 1 aliphatic heterocycles. The van der Waals surface area contributed by atoms with Crippen LogP contribution in [-0.2, 0) is 15.9 Å². The van der Waals surface area contributed by atoms with Crippen LogP contribution in [0.3, 0.4) is 0 Å². The van der Waals surface area contributed by atoms with Crippen LogP contribution in [0.1, 0.15) is 22.8 Å². The molecule has 35 heavy (non-hydrogen) atoms. The summed E-state index contributed by atoms with van der Waals surface area (Å²) in [6, 6.07) is 23.1. The molecule has 1 saturated heterocycles. The first-order valence-corrected chi connectivity index (χ1v) is 12.2. The molecule has 4 nitrogen and oxygen atoms in total. The standard InChI is InChI=1S/C29H34F2N2O2/c1-34-28(21-23-5-3-2-4-6-23)22-33-17-15-32(16-18-33)19-20-35-29(24-7-11-26(30)12-8-24)25-9-13-27(31)14-10-25/h2-14,28-29H,15-22H2,1H3/t28-/m0/s1. The molecule has 4 rings (SSSR count). The molecule has 0 amide bonds. The van der Waals surface area contributed by atoms with Crippen molar-refractivity contribution in [1.82, 2.24) is 9.80 Å². The van der Waals surface area contributed by atoms with E-state index in [2.05, 4.69) is 34.1 Å². The normalized spacial score (nSPS) is 16.0. The summed E-state index contributed by atoms with van der Waals surface area (Å²) in [5.74, 6) is -0.576. The smallest absolute Gasteiger partial charge is 0.123 e. The highest BCUT2D eigenvalue weighted by atomic mass is 19.1. The number of benzene rings is 3. The molecule has 0 saturated carbocycles. The predicted octanol–water partition coefficient (Wildman–Crippen LogP) is 4.95. The largest absolute Gasteiger partial charge is 0.380 e. The third-order valence-corrected chi connectivity index (χ3v) is 6.60. The number of methoxy groups -OCH3 is 1. The SMILES string of the molecule is CO[C@@H](Cc1ccccc1)CN1CCN(CCOC(c2ccc(F)cc2)c2ccc(F)cc2)CC1. The van der Waals surface area contributed by atoms with E-state index in [1.807, 2.05) is 6.07 Å². The number of hydrogen-bond donors (Lipinski definition) is 0. The summed E-state index contributed by atoms with van der Waals surface area (Å²) in [5, 5.41) is 0. The quantitative estimate of drug-likeness (QED) is 0.388. The van der Waals surface area contributed by atoms with Gasteiger partial charge in [0.15, 0.2) is 0 Å². The van der Waals surface area contributed by atoms with E-state index in [1.165, 1.54) is 29.8 Å². The van der Waals surface area contributed by atoms with Crippen LogP contribution in [0.4, 0.5) is 8.78 Å². The first-order valence-electron chi connectivity index (χ1n) is 12.2. The second kappa shape index (κ2) is 12.9. The fraction of sp³-hybridized carbons (Fsp3) is 0.379. The summed E-state index contributed by atoms with van der Waals surface area (Å²) >= 11 is 0. The highest BCUT2D eigenvalue weighted by molar-refractivity contribution is 5.30. The first kappa shape index (κ1) is 25.5. The minimum atomic E-state index is -0.363. The Morgan fingerprint density at radius 1 is 0.743 bits per heavy atom. The molecule has 186 valence electrons. The van der Waals surface area contributed by atoms with Gasteiger partial charge in [-0.25, -0.2) is 8.78 Å². The van der Waals surface area contributed by atoms with Crippen molar-refractivity contribution in [3.8, 4) is 0 Å². The third-order valence-electron chi connectivity index (χ3n) is 6.60. The van der Waals surface area contributed by atoms with E-state index in [0.29, 0.717) is 6.61 Å². The van der Waals surface area contributed by atoms with Gasteiger partial charge in [0.2, 0.25) is 0 Å². The molecule has 1 atom stereocenters. The Bertz CT molecular complexity index is 962. The molecule has 0 aliphatic carbocycles. The van der Waals surface area contributed by atoms with E-state index >= 15 is 0 Å². The van der Waals surface area contributed by atoms with Crippen molar-refractivity contribution < 1.29 is 18.3 Å². The fourth-order valence-corrected chi connectivity index (χ4v) is 4.54. The molecule has 1 aliphatic rings. The van der Waals surface area contributed by atoms with E-state index < -0.39 is 0 Å². The second-order valence-corrected chi connectivity index (χ2v) is 9.04. The number of piperazine rings is 1. The van der Waals surface area contributed by atoms with Crippen LogP contribution in [0.5, 0.6) is 0 Å². The van der Waals surface area contributed by atoms with Crippen molar-refractivity contribution in [3.05, 3.63) is 107 Å². The molecule has 3 aromatic rings. The molecule has 1 heterocycles. The Balaban J connectivity index is 1.25. The second-order valence-electron chi connectivity index (χ2n) is 9.04. The van der Waals surface area contributed by atoms with Gasteiger partial charge in [-0.2, -0.15) is 0 Å². The Morgan fingerprint density at radius 3 is 1.83 bits per heavy atom. The van der Waals surface area contributed by atoms with Crippen LogP contribution in [-0.4, -0.2) is 68.9 Å². The van der Waals surface area contributed by atoms with Crippen molar-refractivity contribution in [2.24, 2.45) is 0 Å². The van der Waals surface area contributed by atoms with E-state index in [1.54, 1.807) is 31.4 Å². The zero-order chi connectivity index (χ0) is 24.5. The number of ether oxygens (including phenoxy) is 2. The summed E-state index contributed by atoms with van der Waals surface area (Å²) in [5.41, 5.74) is 3.01. The zero-order valence-electron chi connectivity index (χ0n) is 20.3. The van der Waals surface area contributed by atoms with Crippen LogP contribution in [0.2, 0.25) is 0 Å². The lowest BCUT2D eigenvalue weighted by Gasteiger charge is -2.36. The predicted molar refractivity (Wildman–Crippen MR) is 134 cm³/mol. The van der Waals surface area contributed by atoms with Crippen LogP contribution >= 0.6 is 0 Å². The average Bonchev–Trinajstić information content (AvgIpc) is 2.89. The van der Waals surface area contributed by atoms with Gasteiger partial charge in [-0.3, -0.25) is 9.80 Å².